The molecule has 0 fully saturated rings. The van der Waals surface area contributed by atoms with Crippen molar-refractivity contribution in [3.8, 4) is 28.7 Å². The van der Waals surface area contributed by atoms with Gasteiger partial charge in [-0.2, -0.15) is 0 Å². The summed E-state index contributed by atoms with van der Waals surface area (Å²) in [5.74, 6) is 3.60. The summed E-state index contributed by atoms with van der Waals surface area (Å²) in [6.45, 7) is 1.13. The summed E-state index contributed by atoms with van der Waals surface area (Å²) < 4.78 is 27.8. The number of fused-ring (bicyclic) bond motifs is 2. The molecule has 2 aliphatic rings. The molecule has 7 heteroatoms. The molecule has 2 heterocycles. The lowest BCUT2D eigenvalue weighted by atomic mass is 9.94. The first-order valence-electron chi connectivity index (χ1n) is 8.84. The van der Waals surface area contributed by atoms with Gasteiger partial charge in [-0.25, -0.2) is 0 Å². The highest BCUT2D eigenvalue weighted by atomic mass is 16.7. The second-order valence-corrected chi connectivity index (χ2v) is 6.56. The van der Waals surface area contributed by atoms with Gasteiger partial charge in [0.15, 0.2) is 11.5 Å². The van der Waals surface area contributed by atoms with Crippen LogP contribution in [0, 0.1) is 0 Å². The molecule has 0 spiro atoms. The molecule has 144 valence electrons. The van der Waals surface area contributed by atoms with Crippen LogP contribution in [-0.2, 0) is 6.42 Å². The van der Waals surface area contributed by atoms with E-state index in [1.165, 1.54) is 5.56 Å². The zero-order valence-corrected chi connectivity index (χ0v) is 16.0. The van der Waals surface area contributed by atoms with E-state index >= 15 is 0 Å². The lowest BCUT2D eigenvalue weighted by Crippen LogP contribution is -2.37. The molecule has 0 radical (unpaired) electrons. The predicted molar refractivity (Wildman–Crippen MR) is 101 cm³/mol. The van der Waals surface area contributed by atoms with E-state index in [0.717, 1.165) is 47.2 Å². The number of likely N-dealkylation sites (N-methyl/N-ethyl adjacent to an activating group) is 1. The van der Waals surface area contributed by atoms with E-state index in [-0.39, 0.29) is 13.0 Å². The first-order chi connectivity index (χ1) is 13.2. The molecule has 1 N–H and O–H groups in total. The first kappa shape index (κ1) is 17.6. The first-order valence-corrected chi connectivity index (χ1v) is 8.84. The Morgan fingerprint density at radius 1 is 1.07 bits per heavy atom. The molecule has 4 rings (SSSR count). The van der Waals surface area contributed by atoms with Gasteiger partial charge in [0, 0.05) is 18.2 Å². The minimum absolute atomic E-state index is 0.0968. The number of anilines is 1. The minimum atomic E-state index is -0.0968. The van der Waals surface area contributed by atoms with Crippen LogP contribution in [-0.4, -0.2) is 46.6 Å². The predicted octanol–water partition coefficient (Wildman–Crippen LogP) is 3.04. The van der Waals surface area contributed by atoms with Gasteiger partial charge in [0.1, 0.15) is 17.7 Å². The summed E-state index contributed by atoms with van der Waals surface area (Å²) >= 11 is 0. The van der Waals surface area contributed by atoms with Crippen LogP contribution in [0.4, 0.5) is 5.69 Å². The normalized spacial score (nSPS) is 18.0. The Kier molecular flexibility index (Phi) is 4.61. The van der Waals surface area contributed by atoms with Gasteiger partial charge in [0.2, 0.25) is 12.5 Å². The summed E-state index contributed by atoms with van der Waals surface area (Å²) in [6.07, 6.45) is 0.817. The number of benzene rings is 2. The molecule has 1 unspecified atom stereocenters. The van der Waals surface area contributed by atoms with Crippen LogP contribution in [0.15, 0.2) is 24.3 Å². The summed E-state index contributed by atoms with van der Waals surface area (Å²) in [5, 5.41) is 3.59. The lowest BCUT2D eigenvalue weighted by molar-refractivity contribution is 0.170. The van der Waals surface area contributed by atoms with Gasteiger partial charge >= 0.3 is 0 Å². The maximum Gasteiger partial charge on any atom is 0.231 e. The maximum absolute atomic E-state index is 5.74. The number of methoxy groups -OCH3 is 3. The molecule has 1 atom stereocenters. The van der Waals surface area contributed by atoms with Crippen molar-refractivity contribution in [2.75, 3.05) is 47.0 Å². The summed E-state index contributed by atoms with van der Waals surface area (Å²) in [6, 6.07) is 7.79. The number of nitrogens with zero attached hydrogens (tertiary/aromatic N) is 1. The van der Waals surface area contributed by atoms with Crippen LogP contribution in [0.3, 0.4) is 0 Å². The Hall–Kier alpha value is -2.80. The fourth-order valence-electron chi connectivity index (χ4n) is 3.68. The highest BCUT2D eigenvalue weighted by Crippen LogP contribution is 2.49. The van der Waals surface area contributed by atoms with Crippen molar-refractivity contribution in [2.45, 2.75) is 12.6 Å². The van der Waals surface area contributed by atoms with Gasteiger partial charge < -0.3 is 29.0 Å². The Morgan fingerprint density at radius 3 is 2.67 bits per heavy atom. The van der Waals surface area contributed by atoms with Crippen molar-refractivity contribution in [1.29, 1.82) is 0 Å². The smallest absolute Gasteiger partial charge is 0.231 e. The Labute approximate surface area is 158 Å². The molecule has 0 aliphatic carbocycles. The number of hydrogen-bond acceptors (Lipinski definition) is 7. The largest absolute Gasteiger partial charge is 0.497 e. The average molecular weight is 372 g/mol. The zero-order chi connectivity index (χ0) is 19.0. The van der Waals surface area contributed by atoms with Crippen molar-refractivity contribution in [3.05, 3.63) is 35.4 Å². The van der Waals surface area contributed by atoms with Crippen LogP contribution in [0.25, 0.3) is 0 Å². The maximum atomic E-state index is 5.74. The van der Waals surface area contributed by atoms with E-state index in [2.05, 4.69) is 23.3 Å². The molecule has 2 aliphatic heterocycles. The Balaban J connectivity index is 1.77. The molecule has 0 amide bonds. The highest BCUT2D eigenvalue weighted by molar-refractivity contribution is 5.65. The number of ether oxygens (including phenoxy) is 5. The molecule has 2 aromatic carbocycles. The topological polar surface area (TPSA) is 61.4 Å². The number of nitrogens with one attached hydrogen (secondary N) is 1. The average Bonchev–Trinajstić information content (AvgIpc) is 3.16. The van der Waals surface area contributed by atoms with E-state index in [0.29, 0.717) is 5.75 Å². The molecule has 0 saturated heterocycles. The molecule has 2 aromatic rings. The Bertz CT molecular complexity index is 855. The van der Waals surface area contributed by atoms with Crippen molar-refractivity contribution in [2.24, 2.45) is 0 Å². The molecular formula is C20H24N2O5. The van der Waals surface area contributed by atoms with Crippen LogP contribution in [0.5, 0.6) is 28.7 Å². The lowest BCUT2D eigenvalue weighted by Gasteiger charge is -2.37. The fourth-order valence-corrected chi connectivity index (χ4v) is 3.68. The number of hydrogen-bond donors (Lipinski definition) is 1. The minimum Gasteiger partial charge on any atom is -0.497 e. The van der Waals surface area contributed by atoms with Gasteiger partial charge in [0.25, 0.3) is 0 Å². The molecule has 27 heavy (non-hydrogen) atoms. The third kappa shape index (κ3) is 2.98. The quantitative estimate of drug-likeness (QED) is 0.866. The molecule has 7 nitrogen and oxygen atoms in total. The molecule has 0 bridgehead atoms. The van der Waals surface area contributed by atoms with Crippen molar-refractivity contribution < 1.29 is 23.7 Å². The summed E-state index contributed by atoms with van der Waals surface area (Å²) in [4.78, 5) is 2.25. The van der Waals surface area contributed by atoms with E-state index in [1.807, 2.05) is 18.2 Å². The van der Waals surface area contributed by atoms with E-state index in [1.54, 1.807) is 21.3 Å². The number of rotatable bonds is 5. The summed E-state index contributed by atoms with van der Waals surface area (Å²) in [7, 11) is 7.04. The molecule has 0 saturated carbocycles. The second kappa shape index (κ2) is 7.08. The highest BCUT2D eigenvalue weighted by Gasteiger charge is 2.34. The Morgan fingerprint density at radius 2 is 1.93 bits per heavy atom. The third-order valence-electron chi connectivity index (χ3n) is 5.10. The SMILES string of the molecule is COc1ccc(NC2c3c(cc4c(c3OC)OCO4)CCN2C)c(OC)c1. The standard InChI is InChI=1S/C20H24N2O5/c1-22-8-7-12-9-16-18(27-11-26-16)19(25-4)17(12)20(22)21-14-6-5-13(23-2)10-15(14)24-3/h5-6,9-10,20-21H,7-8,11H2,1-4H3. The van der Waals surface area contributed by atoms with E-state index in [4.69, 9.17) is 23.7 Å². The van der Waals surface area contributed by atoms with E-state index < -0.39 is 0 Å². The monoisotopic (exact) mass is 372 g/mol. The van der Waals surface area contributed by atoms with Gasteiger partial charge in [-0.05, 0) is 37.2 Å². The summed E-state index contributed by atoms with van der Waals surface area (Å²) in [5.41, 5.74) is 3.13. The van der Waals surface area contributed by atoms with Crippen LogP contribution >= 0.6 is 0 Å². The van der Waals surface area contributed by atoms with Gasteiger partial charge in [-0.3, -0.25) is 4.90 Å². The van der Waals surface area contributed by atoms with Gasteiger partial charge in [-0.1, -0.05) is 0 Å². The van der Waals surface area contributed by atoms with Crippen LogP contribution in [0.1, 0.15) is 17.3 Å². The van der Waals surface area contributed by atoms with Crippen molar-refractivity contribution in [3.63, 3.8) is 0 Å². The second-order valence-electron chi connectivity index (χ2n) is 6.56. The third-order valence-corrected chi connectivity index (χ3v) is 5.10. The van der Waals surface area contributed by atoms with Crippen molar-refractivity contribution >= 4 is 5.69 Å². The fraction of sp³-hybridized carbons (Fsp3) is 0.400. The zero-order valence-electron chi connectivity index (χ0n) is 16.0. The van der Waals surface area contributed by atoms with Gasteiger partial charge in [-0.15, -0.1) is 0 Å². The van der Waals surface area contributed by atoms with Crippen LogP contribution in [0.2, 0.25) is 0 Å². The molecular weight excluding hydrogens is 348 g/mol. The molecule has 0 aromatic heterocycles. The van der Waals surface area contributed by atoms with Crippen LogP contribution < -0.4 is 29.0 Å². The van der Waals surface area contributed by atoms with Gasteiger partial charge in [0.05, 0.1) is 27.0 Å². The van der Waals surface area contributed by atoms with Crippen molar-refractivity contribution in [1.82, 2.24) is 4.90 Å². The van der Waals surface area contributed by atoms with E-state index in [9.17, 15) is 0 Å².